The van der Waals surface area contributed by atoms with Gasteiger partial charge in [0.2, 0.25) is 11.9 Å². The van der Waals surface area contributed by atoms with Gasteiger partial charge in [0.25, 0.3) is 0 Å². The zero-order valence-corrected chi connectivity index (χ0v) is 21.0. The lowest BCUT2D eigenvalue weighted by Crippen LogP contribution is -2.61. The van der Waals surface area contributed by atoms with Crippen molar-refractivity contribution in [3.63, 3.8) is 0 Å². The summed E-state index contributed by atoms with van der Waals surface area (Å²) in [5.74, 6) is 0.209. The molecule has 1 saturated carbocycles. The molecule has 6 rings (SSSR count). The Morgan fingerprint density at radius 3 is 2.55 bits per heavy atom. The first-order valence-corrected chi connectivity index (χ1v) is 12.9. The van der Waals surface area contributed by atoms with Crippen molar-refractivity contribution in [3.05, 3.63) is 41.0 Å². The van der Waals surface area contributed by atoms with Crippen LogP contribution in [0.3, 0.4) is 0 Å². The number of aromatic nitrogens is 4. The molecule has 3 aliphatic rings. The van der Waals surface area contributed by atoms with Crippen LogP contribution in [-0.2, 0) is 4.79 Å². The Morgan fingerprint density at radius 1 is 1.13 bits per heavy atom. The van der Waals surface area contributed by atoms with E-state index in [2.05, 4.69) is 42.7 Å². The van der Waals surface area contributed by atoms with Crippen molar-refractivity contribution in [3.8, 4) is 12.1 Å². The second-order valence-corrected chi connectivity index (χ2v) is 10.2. The molecule has 0 unspecified atom stereocenters. The van der Waals surface area contributed by atoms with Crippen LogP contribution in [0.4, 0.5) is 21.8 Å². The second kappa shape index (κ2) is 9.54. The minimum atomic E-state index is -0.430. The number of halogens is 1. The molecule has 2 saturated heterocycles. The van der Waals surface area contributed by atoms with E-state index in [0.29, 0.717) is 28.6 Å². The van der Waals surface area contributed by atoms with Crippen LogP contribution in [-0.4, -0.2) is 73.6 Å². The average molecular weight is 515 g/mol. The second-order valence-electron chi connectivity index (χ2n) is 10.2. The van der Waals surface area contributed by atoms with Crippen molar-refractivity contribution in [2.24, 2.45) is 0 Å². The summed E-state index contributed by atoms with van der Waals surface area (Å²) in [6.07, 6.45) is 4.98. The van der Waals surface area contributed by atoms with Crippen molar-refractivity contribution in [1.29, 1.82) is 10.5 Å². The van der Waals surface area contributed by atoms with Gasteiger partial charge in [-0.2, -0.15) is 20.0 Å². The molecule has 0 bridgehead atoms. The Kier molecular flexibility index (Phi) is 6.04. The van der Waals surface area contributed by atoms with Gasteiger partial charge in [-0.3, -0.25) is 9.69 Å². The largest absolute Gasteiger partial charge is 0.364 e. The maximum absolute atomic E-state index is 15.9. The first-order chi connectivity index (χ1) is 18.4. The number of fused-ring (bicyclic) bond motifs is 1. The van der Waals surface area contributed by atoms with Gasteiger partial charge in [-0.15, -0.1) is 5.10 Å². The highest BCUT2D eigenvalue weighted by Crippen LogP contribution is 2.36. The van der Waals surface area contributed by atoms with Gasteiger partial charge in [0.05, 0.1) is 23.5 Å². The zero-order valence-electron chi connectivity index (χ0n) is 21.0. The summed E-state index contributed by atoms with van der Waals surface area (Å²) in [5.41, 5.74) is 1.63. The smallest absolute Gasteiger partial charge is 0.247 e. The number of anilines is 3. The zero-order chi connectivity index (χ0) is 26.4. The minimum Gasteiger partial charge on any atom is -0.364 e. The fourth-order valence-electron chi connectivity index (χ4n) is 5.27. The lowest BCUT2D eigenvalue weighted by Gasteiger charge is -2.47. The van der Waals surface area contributed by atoms with Gasteiger partial charge in [-0.05, 0) is 62.4 Å². The van der Waals surface area contributed by atoms with Crippen LogP contribution in [0.15, 0.2) is 18.3 Å². The fourth-order valence-corrected chi connectivity index (χ4v) is 5.27. The van der Waals surface area contributed by atoms with Crippen LogP contribution in [0.2, 0.25) is 0 Å². The lowest BCUT2D eigenvalue weighted by atomic mass is 9.86. The highest BCUT2D eigenvalue weighted by Gasteiger charge is 2.36. The normalized spacial score (nSPS) is 18.6. The Bertz CT molecular complexity index is 1490. The highest BCUT2D eigenvalue weighted by molar-refractivity contribution is 5.74. The topological polar surface area (TPSA) is 138 Å². The van der Waals surface area contributed by atoms with Crippen LogP contribution in [0.25, 0.3) is 5.65 Å². The van der Waals surface area contributed by atoms with Crippen molar-refractivity contribution >= 4 is 29.0 Å². The van der Waals surface area contributed by atoms with Gasteiger partial charge >= 0.3 is 0 Å². The Balaban J connectivity index is 1.24. The lowest BCUT2D eigenvalue weighted by molar-refractivity contribution is -0.136. The number of nitriles is 2. The molecular formula is C26H27FN10O. The van der Waals surface area contributed by atoms with Crippen molar-refractivity contribution in [1.82, 2.24) is 29.4 Å². The first kappa shape index (κ1) is 24.1. The third-order valence-electron chi connectivity index (χ3n) is 7.66. The number of piperidine rings is 1. The SMILES string of the molecule is CC(=O)N1CC(N2CCC(c3cc(C#N)cc(Nc4nc(NC5CC5)c5ncc(C#N)n5n4)c3F)CC2)C1. The van der Waals surface area contributed by atoms with Gasteiger partial charge in [-0.1, -0.05) is 0 Å². The molecule has 2 N–H and O–H groups in total. The van der Waals surface area contributed by atoms with Crippen molar-refractivity contribution < 1.29 is 9.18 Å². The van der Waals surface area contributed by atoms with E-state index in [0.717, 1.165) is 51.9 Å². The Hall–Kier alpha value is -4.29. The number of carbonyl (C=O) groups is 1. The minimum absolute atomic E-state index is 0.0292. The third kappa shape index (κ3) is 4.48. The maximum Gasteiger partial charge on any atom is 0.247 e. The number of hydrogen-bond donors (Lipinski definition) is 2. The number of likely N-dealkylation sites (tertiary alicyclic amines) is 2. The molecule has 38 heavy (non-hydrogen) atoms. The van der Waals surface area contributed by atoms with E-state index in [9.17, 15) is 15.3 Å². The summed E-state index contributed by atoms with van der Waals surface area (Å²) in [6, 6.07) is 7.94. The Morgan fingerprint density at radius 2 is 1.89 bits per heavy atom. The first-order valence-electron chi connectivity index (χ1n) is 12.9. The number of nitrogens with one attached hydrogen (secondary N) is 2. The Labute approximate surface area is 218 Å². The summed E-state index contributed by atoms with van der Waals surface area (Å²) < 4.78 is 17.3. The maximum atomic E-state index is 15.9. The van der Waals surface area contributed by atoms with Crippen molar-refractivity contribution in [2.75, 3.05) is 36.8 Å². The van der Waals surface area contributed by atoms with E-state index >= 15 is 4.39 Å². The summed E-state index contributed by atoms with van der Waals surface area (Å²) >= 11 is 0. The predicted molar refractivity (Wildman–Crippen MR) is 136 cm³/mol. The van der Waals surface area contributed by atoms with Crippen LogP contribution in [0.5, 0.6) is 0 Å². The van der Waals surface area contributed by atoms with Gasteiger partial charge in [-0.25, -0.2) is 9.37 Å². The molecule has 2 aliphatic heterocycles. The molecular weight excluding hydrogens is 487 g/mol. The number of benzene rings is 1. The molecule has 11 nitrogen and oxygen atoms in total. The molecule has 3 fully saturated rings. The quantitative estimate of drug-likeness (QED) is 0.508. The van der Waals surface area contributed by atoms with Gasteiger partial charge in [0.15, 0.2) is 17.2 Å². The average Bonchev–Trinajstić information content (AvgIpc) is 3.60. The summed E-state index contributed by atoms with van der Waals surface area (Å²) in [7, 11) is 0. The van der Waals surface area contributed by atoms with Crippen LogP contribution < -0.4 is 10.6 Å². The predicted octanol–water partition coefficient (Wildman–Crippen LogP) is 2.73. The number of imidazole rings is 1. The molecule has 0 atom stereocenters. The van der Waals surface area contributed by atoms with Gasteiger partial charge < -0.3 is 15.5 Å². The van der Waals surface area contributed by atoms with Crippen LogP contribution in [0, 0.1) is 28.5 Å². The molecule has 2 aromatic heterocycles. The fraction of sp³-hybridized carbons (Fsp3) is 0.462. The standard InChI is InChI=1S/C26H27FN10O/c1-15(38)36-13-20(14-36)35-6-4-17(5-7-35)21-8-16(10-28)9-22(23(21)27)32-26-33-24(31-18-2-3-18)25-30-12-19(11-29)37(25)34-26/h8-9,12,17-18,20H,2-7,13-14H2,1H3,(H2,31,32,33,34). The monoisotopic (exact) mass is 514 g/mol. The summed E-state index contributed by atoms with van der Waals surface area (Å²) in [6.45, 7) is 4.71. The molecule has 1 aliphatic carbocycles. The molecule has 4 heterocycles. The molecule has 194 valence electrons. The van der Waals surface area contributed by atoms with Crippen molar-refractivity contribution in [2.45, 2.75) is 50.6 Å². The van der Waals surface area contributed by atoms with E-state index in [1.807, 2.05) is 4.90 Å². The number of carbonyl (C=O) groups excluding carboxylic acids is 1. The summed E-state index contributed by atoms with van der Waals surface area (Å²) in [5, 5.41) is 29.8. The van der Waals surface area contributed by atoms with Gasteiger partial charge in [0.1, 0.15) is 11.9 Å². The summed E-state index contributed by atoms with van der Waals surface area (Å²) in [4.78, 5) is 24.5. The molecule has 0 radical (unpaired) electrons. The molecule has 1 aromatic carbocycles. The van der Waals surface area contributed by atoms with Gasteiger partial charge in [0, 0.05) is 32.1 Å². The van der Waals surface area contributed by atoms with E-state index in [1.165, 1.54) is 16.8 Å². The number of amides is 1. The van der Waals surface area contributed by atoms with E-state index in [4.69, 9.17) is 0 Å². The number of rotatable bonds is 6. The van der Waals surface area contributed by atoms with Crippen LogP contribution >= 0.6 is 0 Å². The van der Waals surface area contributed by atoms with Crippen LogP contribution in [0.1, 0.15) is 55.3 Å². The highest BCUT2D eigenvalue weighted by atomic mass is 19.1. The molecule has 12 heteroatoms. The molecule has 3 aromatic rings. The molecule has 1 amide bonds. The van der Waals surface area contributed by atoms with E-state index < -0.39 is 5.82 Å². The number of hydrogen-bond acceptors (Lipinski definition) is 9. The van der Waals surface area contributed by atoms with E-state index in [1.54, 1.807) is 13.0 Å². The third-order valence-corrected chi connectivity index (χ3v) is 7.66. The van der Waals surface area contributed by atoms with E-state index in [-0.39, 0.29) is 35.2 Å². The molecule has 0 spiro atoms. The number of nitrogens with zero attached hydrogens (tertiary/aromatic N) is 8.